The average Bonchev–Trinajstić information content (AvgIpc) is 3.58. The van der Waals surface area contributed by atoms with Crippen molar-refractivity contribution in [2.75, 3.05) is 14.2 Å². The second-order valence-electron chi connectivity index (χ2n) is 16.9. The summed E-state index contributed by atoms with van der Waals surface area (Å²) >= 11 is 0. The maximum Gasteiger partial charge on any atom is 0.337 e. The van der Waals surface area contributed by atoms with Crippen LogP contribution >= 0.6 is 0 Å². The van der Waals surface area contributed by atoms with Gasteiger partial charge in [-0.3, -0.25) is 0 Å². The van der Waals surface area contributed by atoms with E-state index in [0.29, 0.717) is 11.1 Å². The molecule has 0 spiro atoms. The Morgan fingerprint density at radius 1 is 0.377 bits per heavy atom. The summed E-state index contributed by atoms with van der Waals surface area (Å²) in [7, 11) is 2.83. The van der Waals surface area contributed by atoms with E-state index in [1.807, 2.05) is 48.5 Å². The van der Waals surface area contributed by atoms with Gasteiger partial charge in [-0.05, 0) is 116 Å². The molecular weight excluding hydrogens is 749 g/mol. The lowest BCUT2D eigenvalue weighted by Crippen LogP contribution is -2.25. The Morgan fingerprint density at radius 2 is 0.656 bits per heavy atom. The Balaban J connectivity index is 1.23. The van der Waals surface area contributed by atoms with Crippen molar-refractivity contribution in [3.05, 3.63) is 156 Å². The number of fused-ring (bicyclic) bond motifs is 3. The highest BCUT2D eigenvalue weighted by Gasteiger charge is 2.42. The monoisotopic (exact) mass is 810 g/mol. The minimum Gasteiger partial charge on any atom is -0.465 e. The first kappa shape index (κ1) is 43.4. The van der Waals surface area contributed by atoms with Gasteiger partial charge in [0.2, 0.25) is 0 Å². The van der Waals surface area contributed by atoms with Crippen LogP contribution in [-0.4, -0.2) is 26.2 Å². The molecule has 1 aliphatic rings. The molecule has 0 unspecified atom stereocenters. The molecular formula is C57H62O4. The molecule has 0 saturated heterocycles. The molecule has 4 nitrogen and oxygen atoms in total. The van der Waals surface area contributed by atoms with Gasteiger partial charge in [0.05, 0.1) is 25.3 Å². The van der Waals surface area contributed by atoms with Crippen LogP contribution in [0.2, 0.25) is 0 Å². The molecule has 314 valence electrons. The number of benzene rings is 6. The Bertz CT molecular complexity index is 2200. The largest absolute Gasteiger partial charge is 0.465 e. The Labute approximate surface area is 364 Å². The van der Waals surface area contributed by atoms with E-state index < -0.39 is 0 Å². The molecule has 0 N–H and O–H groups in total. The number of esters is 2. The normalized spacial score (nSPS) is 12.5. The first-order chi connectivity index (χ1) is 29.9. The van der Waals surface area contributed by atoms with Crippen LogP contribution in [-0.2, 0) is 14.9 Å². The van der Waals surface area contributed by atoms with Gasteiger partial charge in [0.1, 0.15) is 0 Å². The maximum absolute atomic E-state index is 12.0. The zero-order valence-electron chi connectivity index (χ0n) is 36.7. The molecule has 0 radical (unpaired) electrons. The van der Waals surface area contributed by atoms with Gasteiger partial charge in [0, 0.05) is 5.41 Å². The lowest BCUT2D eigenvalue weighted by Gasteiger charge is -2.33. The lowest BCUT2D eigenvalue weighted by atomic mass is 9.70. The van der Waals surface area contributed by atoms with Crippen molar-refractivity contribution >= 4 is 11.9 Å². The number of carbonyl (C=O) groups excluding carboxylic acids is 2. The molecule has 0 bridgehead atoms. The zero-order chi connectivity index (χ0) is 42.6. The van der Waals surface area contributed by atoms with Gasteiger partial charge in [-0.1, -0.05) is 188 Å². The third-order valence-corrected chi connectivity index (χ3v) is 13.0. The van der Waals surface area contributed by atoms with Gasteiger partial charge in [0.25, 0.3) is 0 Å². The quantitative estimate of drug-likeness (QED) is 0.0569. The van der Waals surface area contributed by atoms with Crippen LogP contribution in [0.15, 0.2) is 133 Å². The number of hydrogen-bond acceptors (Lipinski definition) is 4. The van der Waals surface area contributed by atoms with Gasteiger partial charge in [-0.15, -0.1) is 0 Å². The highest BCUT2D eigenvalue weighted by molar-refractivity contribution is 5.91. The van der Waals surface area contributed by atoms with Gasteiger partial charge in [-0.2, -0.15) is 0 Å². The molecule has 6 aromatic carbocycles. The summed E-state index contributed by atoms with van der Waals surface area (Å²) in [5.41, 5.74) is 16.1. The van der Waals surface area contributed by atoms with E-state index in [9.17, 15) is 9.59 Å². The summed E-state index contributed by atoms with van der Waals surface area (Å²) in [4.78, 5) is 24.0. The fourth-order valence-corrected chi connectivity index (χ4v) is 9.48. The Hall–Kier alpha value is -5.74. The van der Waals surface area contributed by atoms with Crippen molar-refractivity contribution < 1.29 is 19.1 Å². The van der Waals surface area contributed by atoms with E-state index in [-0.39, 0.29) is 17.4 Å². The lowest BCUT2D eigenvalue weighted by molar-refractivity contribution is 0.0592. The number of unbranched alkanes of at least 4 members (excludes halogenated alkanes) is 10. The van der Waals surface area contributed by atoms with E-state index in [0.717, 1.165) is 35.1 Å². The number of rotatable bonds is 20. The van der Waals surface area contributed by atoms with Crippen LogP contribution < -0.4 is 0 Å². The van der Waals surface area contributed by atoms with E-state index in [1.54, 1.807) is 0 Å². The maximum atomic E-state index is 12.0. The van der Waals surface area contributed by atoms with Gasteiger partial charge >= 0.3 is 11.9 Å². The van der Waals surface area contributed by atoms with Crippen molar-refractivity contribution in [3.8, 4) is 55.6 Å². The molecule has 0 aliphatic heterocycles. The van der Waals surface area contributed by atoms with Crippen LogP contribution in [0.1, 0.15) is 136 Å². The smallest absolute Gasteiger partial charge is 0.337 e. The molecule has 0 heterocycles. The summed E-state index contributed by atoms with van der Waals surface area (Å²) in [5, 5.41) is 0. The van der Waals surface area contributed by atoms with E-state index in [4.69, 9.17) is 9.47 Å². The predicted octanol–water partition coefficient (Wildman–Crippen LogP) is 15.7. The third kappa shape index (κ3) is 9.91. The van der Waals surface area contributed by atoms with Crippen LogP contribution in [0.3, 0.4) is 0 Å². The summed E-state index contributed by atoms with van der Waals surface area (Å²) in [6.45, 7) is 4.59. The molecule has 0 saturated carbocycles. The van der Waals surface area contributed by atoms with Crippen molar-refractivity contribution in [2.24, 2.45) is 0 Å². The Morgan fingerprint density at radius 3 is 0.984 bits per heavy atom. The van der Waals surface area contributed by atoms with Gasteiger partial charge in [-0.25, -0.2) is 9.59 Å². The molecule has 1 aliphatic carbocycles. The van der Waals surface area contributed by atoms with E-state index in [1.165, 1.54) is 136 Å². The number of methoxy groups -OCH3 is 2. The topological polar surface area (TPSA) is 52.6 Å². The van der Waals surface area contributed by atoms with E-state index >= 15 is 0 Å². The number of hydrogen-bond donors (Lipinski definition) is 0. The second-order valence-corrected chi connectivity index (χ2v) is 16.9. The summed E-state index contributed by atoms with van der Waals surface area (Å²) in [6, 6.07) is 47.5. The predicted molar refractivity (Wildman–Crippen MR) is 253 cm³/mol. The average molecular weight is 811 g/mol. The van der Waals surface area contributed by atoms with Crippen molar-refractivity contribution in [1.29, 1.82) is 0 Å². The highest BCUT2D eigenvalue weighted by atomic mass is 16.5. The molecule has 6 aromatic rings. The zero-order valence-corrected chi connectivity index (χ0v) is 36.7. The minimum atomic E-state index is -0.322. The first-order valence-electron chi connectivity index (χ1n) is 22.8. The number of carbonyl (C=O) groups is 2. The molecule has 61 heavy (non-hydrogen) atoms. The summed E-state index contributed by atoms with van der Waals surface area (Å²) in [6.07, 6.45) is 17.7. The van der Waals surface area contributed by atoms with Crippen molar-refractivity contribution in [1.82, 2.24) is 0 Å². The molecule has 0 atom stereocenters. The minimum absolute atomic E-state index is 0.0607. The third-order valence-electron chi connectivity index (χ3n) is 13.0. The van der Waals surface area contributed by atoms with Crippen molar-refractivity contribution in [3.63, 3.8) is 0 Å². The van der Waals surface area contributed by atoms with Crippen LogP contribution in [0.4, 0.5) is 0 Å². The van der Waals surface area contributed by atoms with Crippen molar-refractivity contribution in [2.45, 2.75) is 109 Å². The molecule has 0 fully saturated rings. The van der Waals surface area contributed by atoms with Crippen LogP contribution in [0.25, 0.3) is 55.6 Å². The fraction of sp³-hybridized carbons (Fsp3) is 0.333. The van der Waals surface area contributed by atoms with Crippen LogP contribution in [0.5, 0.6) is 0 Å². The molecule has 4 heteroatoms. The first-order valence-corrected chi connectivity index (χ1v) is 22.8. The fourth-order valence-electron chi connectivity index (χ4n) is 9.48. The van der Waals surface area contributed by atoms with Crippen LogP contribution in [0, 0.1) is 0 Å². The molecule has 0 amide bonds. The molecule has 0 aromatic heterocycles. The van der Waals surface area contributed by atoms with Gasteiger partial charge < -0.3 is 9.47 Å². The van der Waals surface area contributed by atoms with E-state index in [2.05, 4.69) is 98.8 Å². The molecule has 7 rings (SSSR count). The SMILES string of the molecule is CCCCCCCCC1(CCCCCCCC)c2cc(-c3ccc(-c4ccc(C(=O)OC)cc4)cc3)ccc2-c2ccc(-c3ccc(-c4ccc(C(=O)OC)cc4)cc3)cc21. The Kier molecular flexibility index (Phi) is 14.7. The number of ether oxygens (including phenoxy) is 2. The highest BCUT2D eigenvalue weighted by Crippen LogP contribution is 2.56. The second kappa shape index (κ2) is 20.7. The summed E-state index contributed by atoms with van der Waals surface area (Å²) in [5.74, 6) is -0.644. The van der Waals surface area contributed by atoms with Gasteiger partial charge in [0.15, 0.2) is 0 Å². The summed E-state index contributed by atoms with van der Waals surface area (Å²) < 4.78 is 9.80. The standard InChI is InChI=1S/C57H62O4/c1-5-7-9-11-13-15-37-57(38-16-14-12-10-8-6-2)53-39-49(45-21-17-41(18-22-45)43-25-29-47(30-26-43)55(58)60-3)33-35-51(53)52-36-34-50(40-54(52)57)46-23-19-42(20-24-46)44-27-31-48(32-28-44)56(59)61-4/h17-36,39-40H,5-16,37-38H2,1-4H3.